The van der Waals surface area contributed by atoms with Crippen molar-refractivity contribution in [3.8, 4) is 0 Å². The van der Waals surface area contributed by atoms with E-state index in [0.717, 1.165) is 39.2 Å². The van der Waals surface area contributed by atoms with Gasteiger partial charge in [0.05, 0.1) is 16.8 Å². The number of hydrogen-bond donors (Lipinski definition) is 1. The highest BCUT2D eigenvalue weighted by atomic mass is 32.2. The van der Waals surface area contributed by atoms with E-state index in [1.165, 1.54) is 51.2 Å². The smallest absolute Gasteiger partial charge is 0.242 e. The van der Waals surface area contributed by atoms with Crippen LogP contribution in [0.2, 0.25) is 0 Å². The Labute approximate surface area is 208 Å². The Bertz CT molecular complexity index is 1230. The van der Waals surface area contributed by atoms with Gasteiger partial charge in [0.2, 0.25) is 26.0 Å². The summed E-state index contributed by atoms with van der Waals surface area (Å²) in [5.41, 5.74) is 2.28. The molecule has 2 aromatic carbocycles. The van der Waals surface area contributed by atoms with E-state index in [-0.39, 0.29) is 17.1 Å². The first kappa shape index (κ1) is 27.0. The molecule has 11 heteroatoms. The lowest BCUT2D eigenvalue weighted by molar-refractivity contribution is -0.119. The normalized spacial score (nSPS) is 16.8. The average molecular weight is 523 g/mol. The molecule has 1 unspecified atom stereocenters. The molecule has 2 aromatic rings. The molecule has 9 nitrogen and oxygen atoms in total. The van der Waals surface area contributed by atoms with E-state index in [1.54, 1.807) is 0 Å². The molecule has 1 fully saturated rings. The van der Waals surface area contributed by atoms with Crippen LogP contribution in [0.25, 0.3) is 0 Å². The van der Waals surface area contributed by atoms with Gasteiger partial charge >= 0.3 is 0 Å². The number of benzene rings is 2. The van der Waals surface area contributed by atoms with Crippen LogP contribution in [0.4, 0.5) is 11.4 Å². The molecule has 1 aliphatic rings. The van der Waals surface area contributed by atoms with Gasteiger partial charge in [0.25, 0.3) is 0 Å². The van der Waals surface area contributed by atoms with Gasteiger partial charge in [0, 0.05) is 39.4 Å². The molecule has 1 saturated heterocycles. The molecule has 0 saturated carbocycles. The fourth-order valence-corrected chi connectivity index (χ4v) is 5.79. The van der Waals surface area contributed by atoms with Crippen LogP contribution in [0, 0.1) is 5.92 Å². The molecular formula is C24H34N4O5S2. The van der Waals surface area contributed by atoms with Crippen molar-refractivity contribution in [2.45, 2.75) is 31.2 Å². The highest BCUT2D eigenvalue weighted by Gasteiger charge is 2.23. The molecule has 0 bridgehead atoms. The second kappa shape index (κ2) is 11.0. The molecule has 0 aliphatic carbocycles. The van der Waals surface area contributed by atoms with Gasteiger partial charge in [-0.25, -0.2) is 21.1 Å². The minimum absolute atomic E-state index is 0.0339. The lowest BCUT2D eigenvalue weighted by atomic mass is 9.99. The Balaban J connectivity index is 1.63. The van der Waals surface area contributed by atoms with Gasteiger partial charge in [-0.3, -0.25) is 9.10 Å². The first-order chi connectivity index (χ1) is 16.4. The summed E-state index contributed by atoms with van der Waals surface area (Å²) in [7, 11) is -4.59. The van der Waals surface area contributed by atoms with Gasteiger partial charge in [-0.2, -0.15) is 0 Å². The van der Waals surface area contributed by atoms with Crippen LogP contribution in [-0.2, 0) is 31.4 Å². The highest BCUT2D eigenvalue weighted by molar-refractivity contribution is 7.92. The summed E-state index contributed by atoms with van der Waals surface area (Å²) in [6.45, 7) is 4.20. The first-order valence-electron chi connectivity index (χ1n) is 11.5. The van der Waals surface area contributed by atoms with Crippen molar-refractivity contribution >= 4 is 37.3 Å². The summed E-state index contributed by atoms with van der Waals surface area (Å²) in [6.07, 6.45) is 3.44. The molecule has 1 atom stereocenters. The zero-order valence-corrected chi connectivity index (χ0v) is 22.3. The zero-order valence-electron chi connectivity index (χ0n) is 20.6. The van der Waals surface area contributed by atoms with Gasteiger partial charge in [0.15, 0.2) is 0 Å². The summed E-state index contributed by atoms with van der Waals surface area (Å²) in [5.74, 6) is 0.212. The fourth-order valence-electron chi connectivity index (χ4n) is 4.03. The average Bonchev–Trinajstić information content (AvgIpc) is 2.81. The number of carbonyl (C=O) groups excluding carboxylic acids is 1. The maximum atomic E-state index is 12.6. The fraction of sp³-hybridized carbons (Fsp3) is 0.458. The molecule has 3 rings (SSSR count). The summed E-state index contributed by atoms with van der Waals surface area (Å²) >= 11 is 0. The molecule has 1 aliphatic heterocycles. The highest BCUT2D eigenvalue weighted by Crippen LogP contribution is 2.24. The molecule has 192 valence electrons. The molecule has 1 N–H and O–H groups in total. The number of rotatable bonds is 9. The van der Waals surface area contributed by atoms with Gasteiger partial charge in [-0.15, -0.1) is 0 Å². The van der Waals surface area contributed by atoms with Crippen molar-refractivity contribution in [2.75, 3.05) is 49.2 Å². The number of anilines is 2. The third kappa shape index (κ3) is 6.96. The van der Waals surface area contributed by atoms with E-state index in [4.69, 9.17) is 0 Å². The number of nitrogens with zero attached hydrogens (tertiary/aromatic N) is 3. The summed E-state index contributed by atoms with van der Waals surface area (Å²) < 4.78 is 51.3. The number of amides is 1. The standard InChI is InChI=1S/C24H34N4O5S2/c1-19-6-5-15-27(17-19)21-9-7-20(8-10-21)16-25-24(29)18-28(34(4,30)31)22-11-13-23(14-12-22)35(32,33)26(2)3/h7-14,19H,5-6,15-18H2,1-4H3,(H,25,29). The maximum Gasteiger partial charge on any atom is 0.242 e. The quantitative estimate of drug-likeness (QED) is 0.541. The van der Waals surface area contributed by atoms with Crippen LogP contribution in [0.1, 0.15) is 25.3 Å². The Morgan fingerprint density at radius 2 is 1.66 bits per heavy atom. The number of piperidine rings is 1. The van der Waals surface area contributed by atoms with E-state index in [1.807, 2.05) is 24.3 Å². The summed E-state index contributed by atoms with van der Waals surface area (Å²) in [4.78, 5) is 15.0. The van der Waals surface area contributed by atoms with Crippen LogP contribution >= 0.6 is 0 Å². The third-order valence-electron chi connectivity index (χ3n) is 6.04. The minimum Gasteiger partial charge on any atom is -0.371 e. The largest absolute Gasteiger partial charge is 0.371 e. The monoisotopic (exact) mass is 522 g/mol. The van der Waals surface area contributed by atoms with Crippen molar-refractivity contribution in [3.63, 3.8) is 0 Å². The van der Waals surface area contributed by atoms with Gasteiger partial charge in [-0.1, -0.05) is 19.1 Å². The topological polar surface area (TPSA) is 107 Å². The maximum absolute atomic E-state index is 12.6. The molecule has 1 amide bonds. The van der Waals surface area contributed by atoms with Crippen molar-refractivity contribution in [3.05, 3.63) is 54.1 Å². The van der Waals surface area contributed by atoms with Crippen molar-refractivity contribution in [2.24, 2.45) is 5.92 Å². The number of sulfonamides is 2. The van der Waals surface area contributed by atoms with Crippen molar-refractivity contribution in [1.29, 1.82) is 0 Å². The summed E-state index contributed by atoms with van der Waals surface area (Å²) in [5, 5.41) is 2.77. The number of nitrogens with one attached hydrogen (secondary N) is 1. The Morgan fingerprint density at radius 1 is 1.03 bits per heavy atom. The van der Waals surface area contributed by atoms with E-state index in [9.17, 15) is 21.6 Å². The van der Waals surface area contributed by atoms with E-state index >= 15 is 0 Å². The SMILES string of the molecule is CC1CCCN(c2ccc(CNC(=O)CN(c3ccc(S(=O)(=O)N(C)C)cc3)S(C)(=O)=O)cc2)C1. The van der Waals surface area contributed by atoms with Crippen LogP contribution in [0.5, 0.6) is 0 Å². The lowest BCUT2D eigenvalue weighted by Gasteiger charge is -2.32. The van der Waals surface area contributed by atoms with Crippen molar-refractivity contribution in [1.82, 2.24) is 9.62 Å². The van der Waals surface area contributed by atoms with Crippen LogP contribution in [-0.4, -0.2) is 67.0 Å². The lowest BCUT2D eigenvalue weighted by Crippen LogP contribution is -2.40. The van der Waals surface area contributed by atoms with Gasteiger partial charge in [-0.05, 0) is 60.7 Å². The van der Waals surface area contributed by atoms with Gasteiger partial charge in [0.1, 0.15) is 6.54 Å². The number of carbonyl (C=O) groups is 1. The Hall–Kier alpha value is -2.63. The predicted octanol–water partition coefficient (Wildman–Crippen LogP) is 2.26. The predicted molar refractivity (Wildman–Crippen MR) is 138 cm³/mol. The molecule has 0 aromatic heterocycles. The molecule has 0 radical (unpaired) electrons. The second-order valence-corrected chi connectivity index (χ2v) is 13.2. The Kier molecular flexibility index (Phi) is 8.45. The third-order valence-corrected chi connectivity index (χ3v) is 9.01. The minimum atomic E-state index is -3.78. The second-order valence-electron chi connectivity index (χ2n) is 9.19. The zero-order chi connectivity index (χ0) is 25.8. The number of hydrogen-bond acceptors (Lipinski definition) is 6. The molecular weight excluding hydrogens is 488 g/mol. The van der Waals surface area contributed by atoms with Crippen LogP contribution in [0.15, 0.2) is 53.4 Å². The van der Waals surface area contributed by atoms with E-state index in [0.29, 0.717) is 5.92 Å². The Morgan fingerprint density at radius 3 is 2.20 bits per heavy atom. The first-order valence-corrected chi connectivity index (χ1v) is 14.8. The van der Waals surface area contributed by atoms with Crippen molar-refractivity contribution < 1.29 is 21.6 Å². The van der Waals surface area contributed by atoms with Gasteiger partial charge < -0.3 is 10.2 Å². The van der Waals surface area contributed by atoms with Crippen LogP contribution < -0.4 is 14.5 Å². The molecule has 0 spiro atoms. The van der Waals surface area contributed by atoms with E-state index in [2.05, 4.69) is 17.1 Å². The molecule has 1 heterocycles. The van der Waals surface area contributed by atoms with Crippen LogP contribution in [0.3, 0.4) is 0 Å². The molecule has 35 heavy (non-hydrogen) atoms. The summed E-state index contributed by atoms with van der Waals surface area (Å²) in [6, 6.07) is 13.4. The van der Waals surface area contributed by atoms with E-state index < -0.39 is 32.5 Å².